The van der Waals surface area contributed by atoms with Gasteiger partial charge in [-0.15, -0.1) is 0 Å². The first-order valence-electron chi connectivity index (χ1n) is 10.4. The summed E-state index contributed by atoms with van der Waals surface area (Å²) in [5.74, 6) is 0.553. The number of ether oxygens (including phenoxy) is 1. The summed E-state index contributed by atoms with van der Waals surface area (Å²) < 4.78 is 8.02. The zero-order chi connectivity index (χ0) is 18.9. The minimum Gasteiger partial charge on any atom is -0.379 e. The average molecular weight is 380 g/mol. The maximum Gasteiger partial charge on any atom is 0.0764 e. The van der Waals surface area contributed by atoms with Crippen LogP contribution in [0.1, 0.15) is 18.2 Å². The van der Waals surface area contributed by atoms with Crippen molar-refractivity contribution in [3.05, 3.63) is 54.0 Å². The molecule has 0 amide bonds. The molecule has 5 rings (SSSR count). The van der Waals surface area contributed by atoms with Crippen LogP contribution in [0.3, 0.4) is 0 Å². The first-order chi connectivity index (χ1) is 13.8. The summed E-state index contributed by atoms with van der Waals surface area (Å²) in [6.45, 7) is 9.91. The van der Waals surface area contributed by atoms with Gasteiger partial charge in [0, 0.05) is 69.1 Å². The zero-order valence-corrected chi connectivity index (χ0v) is 16.6. The fraction of sp³-hybridized carbons (Fsp3) is 0.500. The number of aromatic nitrogens is 3. The third kappa shape index (κ3) is 3.72. The molecule has 0 saturated carbocycles. The second-order valence-electron chi connectivity index (χ2n) is 8.24. The van der Waals surface area contributed by atoms with Crippen molar-refractivity contribution >= 4 is 10.9 Å². The summed E-state index contributed by atoms with van der Waals surface area (Å²) in [4.78, 5) is 8.50. The van der Waals surface area contributed by atoms with E-state index in [4.69, 9.17) is 9.84 Å². The number of rotatable bonds is 5. The van der Waals surface area contributed by atoms with Gasteiger partial charge in [0.1, 0.15) is 0 Å². The Morgan fingerprint density at radius 1 is 1.11 bits per heavy atom. The molecule has 6 nitrogen and oxygen atoms in total. The van der Waals surface area contributed by atoms with E-state index < -0.39 is 0 Å². The van der Waals surface area contributed by atoms with Crippen molar-refractivity contribution in [3.8, 4) is 0 Å². The van der Waals surface area contributed by atoms with Crippen LogP contribution in [-0.2, 0) is 24.4 Å². The molecule has 0 unspecified atom stereocenters. The SMILES string of the molecule is CCn1ccc(CN2C[C@H]3COC[C@@H]2CN(Cc2ccc4[nH]ccc4c2)C3)n1. The molecule has 1 aromatic carbocycles. The Labute approximate surface area is 166 Å². The standard InChI is InChI=1S/C22H29N5O/c1-2-27-8-6-20(24-27)13-26-12-18-11-25(14-21(26)16-28-15-18)10-17-3-4-22-19(9-17)5-7-23-22/h3-9,18,21,23H,2,10-16H2,1H3/t18-,21-/m0/s1. The molecule has 1 N–H and O–H groups in total. The van der Waals surface area contributed by atoms with Crippen molar-refractivity contribution in [2.24, 2.45) is 5.92 Å². The molecule has 148 valence electrons. The van der Waals surface area contributed by atoms with Crippen LogP contribution in [0.25, 0.3) is 10.9 Å². The number of fused-ring (bicyclic) bond motifs is 4. The van der Waals surface area contributed by atoms with Gasteiger partial charge in [-0.1, -0.05) is 6.07 Å². The number of nitrogens with one attached hydrogen (secondary N) is 1. The summed E-state index contributed by atoms with van der Waals surface area (Å²) in [5.41, 5.74) is 3.77. The molecule has 6 heteroatoms. The highest BCUT2D eigenvalue weighted by Gasteiger charge is 2.33. The lowest BCUT2D eigenvalue weighted by atomic mass is 10.1. The molecule has 2 atom stereocenters. The van der Waals surface area contributed by atoms with Crippen LogP contribution in [-0.4, -0.2) is 63.5 Å². The smallest absolute Gasteiger partial charge is 0.0764 e. The second-order valence-corrected chi connectivity index (χ2v) is 8.24. The molecule has 2 aromatic heterocycles. The molecule has 2 aliphatic rings. The Bertz CT molecular complexity index is 932. The molecule has 0 aliphatic carbocycles. The van der Waals surface area contributed by atoms with Gasteiger partial charge in [-0.2, -0.15) is 5.10 Å². The summed E-state index contributed by atoms with van der Waals surface area (Å²) in [7, 11) is 0. The van der Waals surface area contributed by atoms with E-state index in [2.05, 4.69) is 58.2 Å². The van der Waals surface area contributed by atoms with Gasteiger partial charge in [0.05, 0.1) is 18.9 Å². The van der Waals surface area contributed by atoms with Gasteiger partial charge in [0.25, 0.3) is 0 Å². The maximum atomic E-state index is 6.00. The molecule has 3 aromatic rings. The number of nitrogens with zero attached hydrogens (tertiary/aromatic N) is 4. The maximum absolute atomic E-state index is 6.00. The van der Waals surface area contributed by atoms with Gasteiger partial charge < -0.3 is 9.72 Å². The van der Waals surface area contributed by atoms with Crippen LogP contribution in [0.15, 0.2) is 42.7 Å². The fourth-order valence-corrected chi connectivity index (χ4v) is 4.68. The third-order valence-corrected chi connectivity index (χ3v) is 6.07. The Kier molecular flexibility index (Phi) is 4.93. The van der Waals surface area contributed by atoms with Crippen LogP contribution < -0.4 is 0 Å². The van der Waals surface area contributed by atoms with Crippen molar-refractivity contribution in [1.29, 1.82) is 0 Å². The molecule has 2 aliphatic heterocycles. The number of hydrogen-bond acceptors (Lipinski definition) is 4. The molecule has 2 bridgehead atoms. The van der Waals surface area contributed by atoms with E-state index in [0.717, 1.165) is 52.5 Å². The van der Waals surface area contributed by atoms with Gasteiger partial charge >= 0.3 is 0 Å². The molecule has 2 fully saturated rings. The predicted octanol–water partition coefficient (Wildman–Crippen LogP) is 2.72. The topological polar surface area (TPSA) is 49.3 Å². The van der Waals surface area contributed by atoms with Crippen molar-refractivity contribution in [2.45, 2.75) is 32.6 Å². The largest absolute Gasteiger partial charge is 0.379 e. The van der Waals surface area contributed by atoms with E-state index in [0.29, 0.717) is 12.0 Å². The van der Waals surface area contributed by atoms with Crippen molar-refractivity contribution in [3.63, 3.8) is 0 Å². The molecule has 28 heavy (non-hydrogen) atoms. The van der Waals surface area contributed by atoms with Crippen LogP contribution in [0, 0.1) is 5.92 Å². The summed E-state index contributed by atoms with van der Waals surface area (Å²) >= 11 is 0. The Morgan fingerprint density at radius 3 is 2.96 bits per heavy atom. The summed E-state index contributed by atoms with van der Waals surface area (Å²) in [5, 5.41) is 5.99. The summed E-state index contributed by atoms with van der Waals surface area (Å²) in [6.07, 6.45) is 4.10. The van der Waals surface area contributed by atoms with E-state index in [1.54, 1.807) is 0 Å². The molecule has 2 saturated heterocycles. The molecular formula is C22H29N5O. The van der Waals surface area contributed by atoms with Gasteiger partial charge in [0.15, 0.2) is 0 Å². The number of aromatic amines is 1. The van der Waals surface area contributed by atoms with Crippen LogP contribution in [0.2, 0.25) is 0 Å². The van der Waals surface area contributed by atoms with Gasteiger partial charge in [-0.05, 0) is 42.1 Å². The zero-order valence-electron chi connectivity index (χ0n) is 16.6. The van der Waals surface area contributed by atoms with E-state index in [1.807, 2.05) is 10.9 Å². The highest BCUT2D eigenvalue weighted by molar-refractivity contribution is 5.79. The fourth-order valence-electron chi connectivity index (χ4n) is 4.68. The lowest BCUT2D eigenvalue weighted by molar-refractivity contribution is 0.0468. The number of H-pyrrole nitrogens is 1. The van der Waals surface area contributed by atoms with Crippen LogP contribution in [0.4, 0.5) is 0 Å². The minimum absolute atomic E-state index is 0.426. The lowest BCUT2D eigenvalue weighted by Gasteiger charge is -2.31. The lowest BCUT2D eigenvalue weighted by Crippen LogP contribution is -2.43. The number of benzene rings is 1. The second kappa shape index (κ2) is 7.70. The van der Waals surface area contributed by atoms with Gasteiger partial charge in [-0.3, -0.25) is 14.5 Å². The van der Waals surface area contributed by atoms with Crippen molar-refractivity contribution < 1.29 is 4.74 Å². The van der Waals surface area contributed by atoms with E-state index in [1.165, 1.54) is 22.2 Å². The van der Waals surface area contributed by atoms with E-state index in [-0.39, 0.29) is 0 Å². The highest BCUT2D eigenvalue weighted by Crippen LogP contribution is 2.23. The Balaban J connectivity index is 1.31. The van der Waals surface area contributed by atoms with Crippen LogP contribution in [0.5, 0.6) is 0 Å². The normalized spacial score (nSPS) is 23.9. The van der Waals surface area contributed by atoms with Crippen molar-refractivity contribution in [2.75, 3.05) is 32.8 Å². The average Bonchev–Trinajstić information content (AvgIpc) is 3.25. The van der Waals surface area contributed by atoms with E-state index >= 15 is 0 Å². The number of hydrogen-bond donors (Lipinski definition) is 1. The molecule has 0 spiro atoms. The number of aryl methyl sites for hydroxylation is 1. The quantitative estimate of drug-likeness (QED) is 0.741. The highest BCUT2D eigenvalue weighted by atomic mass is 16.5. The molecule has 0 radical (unpaired) electrons. The first-order valence-corrected chi connectivity index (χ1v) is 10.4. The third-order valence-electron chi connectivity index (χ3n) is 6.07. The van der Waals surface area contributed by atoms with Gasteiger partial charge in [-0.25, -0.2) is 0 Å². The first kappa shape index (κ1) is 17.9. The monoisotopic (exact) mass is 379 g/mol. The molecular weight excluding hydrogens is 350 g/mol. The Morgan fingerprint density at radius 2 is 2.07 bits per heavy atom. The van der Waals surface area contributed by atoms with Crippen molar-refractivity contribution in [1.82, 2.24) is 24.6 Å². The minimum atomic E-state index is 0.426. The van der Waals surface area contributed by atoms with Gasteiger partial charge in [0.2, 0.25) is 0 Å². The van der Waals surface area contributed by atoms with E-state index in [9.17, 15) is 0 Å². The predicted molar refractivity (Wildman–Crippen MR) is 110 cm³/mol. The summed E-state index contributed by atoms with van der Waals surface area (Å²) in [6, 6.07) is 11.5. The molecule has 4 heterocycles. The van der Waals surface area contributed by atoms with Crippen LogP contribution >= 0.6 is 0 Å². The Hall–Kier alpha value is -2.15.